The van der Waals surface area contributed by atoms with Crippen LogP contribution >= 0.6 is 0 Å². The molecule has 1 aromatic heterocycles. The number of carbonyl (C=O) groups is 1. The Labute approximate surface area is 114 Å². The number of aryl methyl sites for hydroxylation is 1. The third-order valence-corrected chi connectivity index (χ3v) is 2.73. The average molecular weight is 277 g/mol. The second-order valence-corrected chi connectivity index (χ2v) is 4.20. The van der Waals surface area contributed by atoms with Crippen molar-refractivity contribution in [3.63, 3.8) is 0 Å². The number of aromatic nitrogens is 2. The van der Waals surface area contributed by atoms with Crippen LogP contribution < -0.4 is 4.90 Å². The second kappa shape index (κ2) is 5.64. The van der Waals surface area contributed by atoms with Crippen LogP contribution in [-0.4, -0.2) is 15.7 Å². The van der Waals surface area contributed by atoms with Gasteiger partial charge in [0.05, 0.1) is 17.9 Å². The van der Waals surface area contributed by atoms with Crippen LogP contribution in [0.25, 0.3) is 0 Å². The maximum absolute atomic E-state index is 13.8. The first-order valence-corrected chi connectivity index (χ1v) is 5.89. The van der Waals surface area contributed by atoms with Crippen molar-refractivity contribution in [1.29, 1.82) is 0 Å². The molecule has 1 amide bonds. The maximum atomic E-state index is 13.8. The Morgan fingerprint density at radius 1 is 1.45 bits per heavy atom. The Bertz CT molecular complexity index is 652. The molecular weight excluding hydrogens is 264 g/mol. The van der Waals surface area contributed by atoms with Crippen molar-refractivity contribution in [3.05, 3.63) is 60.4 Å². The minimum Gasteiger partial charge on any atom is -0.300 e. The zero-order valence-corrected chi connectivity index (χ0v) is 10.9. The van der Waals surface area contributed by atoms with Gasteiger partial charge in [-0.15, -0.1) is 0 Å². The van der Waals surface area contributed by atoms with Gasteiger partial charge < -0.3 is 0 Å². The van der Waals surface area contributed by atoms with Crippen molar-refractivity contribution >= 4 is 11.6 Å². The van der Waals surface area contributed by atoms with Crippen LogP contribution in [0.15, 0.2) is 43.1 Å². The van der Waals surface area contributed by atoms with E-state index in [9.17, 15) is 13.6 Å². The van der Waals surface area contributed by atoms with Gasteiger partial charge in [-0.2, -0.15) is 5.10 Å². The Balaban J connectivity index is 2.36. The molecule has 1 aromatic carbocycles. The fourth-order valence-corrected chi connectivity index (χ4v) is 1.80. The molecular formula is C14H13F2N3O. The number of carbonyl (C=O) groups excluding carboxylic acids is 1. The lowest BCUT2D eigenvalue weighted by Crippen LogP contribution is -2.29. The van der Waals surface area contributed by atoms with Gasteiger partial charge in [-0.3, -0.25) is 14.4 Å². The first-order chi connectivity index (χ1) is 9.51. The largest absolute Gasteiger partial charge is 0.300 e. The van der Waals surface area contributed by atoms with E-state index in [1.165, 1.54) is 6.07 Å². The summed E-state index contributed by atoms with van der Waals surface area (Å²) in [7, 11) is 1.74. The molecule has 6 heteroatoms. The van der Waals surface area contributed by atoms with Gasteiger partial charge in [-0.05, 0) is 24.3 Å². The number of anilines is 1. The molecule has 0 aliphatic carbocycles. The first kappa shape index (κ1) is 13.9. The Morgan fingerprint density at radius 2 is 2.20 bits per heavy atom. The van der Waals surface area contributed by atoms with E-state index in [-0.39, 0.29) is 12.2 Å². The molecule has 0 aliphatic rings. The predicted molar refractivity (Wildman–Crippen MR) is 71.0 cm³/mol. The van der Waals surface area contributed by atoms with E-state index in [4.69, 9.17) is 0 Å². The van der Waals surface area contributed by atoms with Gasteiger partial charge in [-0.25, -0.2) is 8.78 Å². The fourth-order valence-electron chi connectivity index (χ4n) is 1.80. The molecule has 0 fully saturated rings. The van der Waals surface area contributed by atoms with Crippen LogP contribution in [0.3, 0.4) is 0 Å². The van der Waals surface area contributed by atoms with Gasteiger partial charge in [0.25, 0.3) is 5.91 Å². The second-order valence-electron chi connectivity index (χ2n) is 4.20. The summed E-state index contributed by atoms with van der Waals surface area (Å²) in [5, 5.41) is 4.13. The molecule has 0 bridgehead atoms. The summed E-state index contributed by atoms with van der Waals surface area (Å²) in [5.41, 5.74) is 0.577. The van der Waals surface area contributed by atoms with Crippen LogP contribution in [0.5, 0.6) is 0 Å². The van der Waals surface area contributed by atoms with E-state index in [2.05, 4.69) is 11.7 Å². The van der Waals surface area contributed by atoms with E-state index in [0.29, 0.717) is 5.69 Å². The molecule has 0 atom stereocenters. The summed E-state index contributed by atoms with van der Waals surface area (Å²) in [5.74, 6) is -1.99. The molecule has 104 valence electrons. The number of hydrogen-bond acceptors (Lipinski definition) is 2. The summed E-state index contributed by atoms with van der Waals surface area (Å²) in [6.45, 7) is 3.47. The molecule has 20 heavy (non-hydrogen) atoms. The summed E-state index contributed by atoms with van der Waals surface area (Å²) >= 11 is 0. The Hall–Kier alpha value is -2.50. The molecule has 0 aliphatic heterocycles. The summed E-state index contributed by atoms with van der Waals surface area (Å²) in [6.07, 6.45) is 2.79. The van der Waals surface area contributed by atoms with Gasteiger partial charge in [0.1, 0.15) is 11.6 Å². The van der Waals surface area contributed by atoms with Crippen LogP contribution in [0.1, 0.15) is 5.69 Å². The third kappa shape index (κ3) is 2.90. The van der Waals surface area contributed by atoms with Crippen LogP contribution in [-0.2, 0) is 18.4 Å². The molecule has 4 nitrogen and oxygen atoms in total. The Kier molecular flexibility index (Phi) is 3.93. The van der Waals surface area contributed by atoms with Gasteiger partial charge in [-0.1, -0.05) is 6.58 Å². The van der Waals surface area contributed by atoms with E-state index in [1.807, 2.05) is 0 Å². The van der Waals surface area contributed by atoms with Gasteiger partial charge in [0, 0.05) is 19.3 Å². The van der Waals surface area contributed by atoms with E-state index in [1.54, 1.807) is 24.0 Å². The number of rotatable bonds is 4. The van der Waals surface area contributed by atoms with Crippen LogP contribution in [0.4, 0.5) is 14.5 Å². The average Bonchev–Trinajstić information content (AvgIpc) is 2.81. The number of halogens is 2. The predicted octanol–water partition coefficient (Wildman–Crippen LogP) is 2.42. The number of hydrogen-bond donors (Lipinski definition) is 0. The summed E-state index contributed by atoms with van der Waals surface area (Å²) in [6, 6.07) is 4.76. The van der Waals surface area contributed by atoms with Crippen LogP contribution in [0.2, 0.25) is 0 Å². The SMILES string of the molecule is C=CC(=O)N(Cc1ccn(C)n1)c1ccc(F)cc1F. The molecule has 1 heterocycles. The molecule has 0 unspecified atom stereocenters. The number of nitrogens with zero attached hydrogens (tertiary/aromatic N) is 3. The third-order valence-electron chi connectivity index (χ3n) is 2.73. The van der Waals surface area contributed by atoms with Crippen molar-refractivity contribution < 1.29 is 13.6 Å². The smallest absolute Gasteiger partial charge is 0.250 e. The lowest BCUT2D eigenvalue weighted by molar-refractivity contribution is -0.114. The zero-order valence-electron chi connectivity index (χ0n) is 10.9. The van der Waals surface area contributed by atoms with Gasteiger partial charge >= 0.3 is 0 Å². The normalized spacial score (nSPS) is 10.3. The molecule has 0 spiro atoms. The minimum atomic E-state index is -0.809. The highest BCUT2D eigenvalue weighted by Crippen LogP contribution is 2.22. The number of benzene rings is 1. The fraction of sp³-hybridized carbons (Fsp3) is 0.143. The molecule has 2 rings (SSSR count). The topological polar surface area (TPSA) is 38.1 Å². The molecule has 0 saturated heterocycles. The zero-order chi connectivity index (χ0) is 14.7. The molecule has 0 radical (unpaired) electrons. The minimum absolute atomic E-state index is 0.0121. The summed E-state index contributed by atoms with van der Waals surface area (Å²) < 4.78 is 28.3. The van der Waals surface area contributed by atoms with Gasteiger partial charge in [0.15, 0.2) is 0 Å². The highest BCUT2D eigenvalue weighted by atomic mass is 19.1. The summed E-state index contributed by atoms with van der Waals surface area (Å²) in [4.78, 5) is 13.0. The highest BCUT2D eigenvalue weighted by molar-refractivity contribution is 6.00. The lowest BCUT2D eigenvalue weighted by atomic mass is 10.2. The molecule has 0 N–H and O–H groups in total. The van der Waals surface area contributed by atoms with Crippen molar-refractivity contribution in [2.45, 2.75) is 6.54 Å². The Morgan fingerprint density at radius 3 is 2.75 bits per heavy atom. The lowest BCUT2D eigenvalue weighted by Gasteiger charge is -2.20. The molecule has 2 aromatic rings. The molecule has 0 saturated carbocycles. The van der Waals surface area contributed by atoms with Gasteiger partial charge in [0.2, 0.25) is 0 Å². The van der Waals surface area contributed by atoms with Crippen LogP contribution in [0, 0.1) is 11.6 Å². The van der Waals surface area contributed by atoms with Crippen molar-refractivity contribution in [2.24, 2.45) is 7.05 Å². The highest BCUT2D eigenvalue weighted by Gasteiger charge is 2.18. The van der Waals surface area contributed by atoms with Crippen molar-refractivity contribution in [3.8, 4) is 0 Å². The van der Waals surface area contributed by atoms with Crippen molar-refractivity contribution in [2.75, 3.05) is 4.90 Å². The quantitative estimate of drug-likeness (QED) is 0.805. The standard InChI is InChI=1S/C14H13F2N3O/c1-3-14(20)19(9-11-6-7-18(2)17-11)13-5-4-10(15)8-12(13)16/h3-8H,1,9H2,2H3. The number of amides is 1. The van der Waals surface area contributed by atoms with E-state index < -0.39 is 17.5 Å². The van der Waals surface area contributed by atoms with Crippen molar-refractivity contribution in [1.82, 2.24) is 9.78 Å². The monoisotopic (exact) mass is 277 g/mol. The maximum Gasteiger partial charge on any atom is 0.250 e. The first-order valence-electron chi connectivity index (χ1n) is 5.89. The van der Waals surface area contributed by atoms with E-state index >= 15 is 0 Å². The van der Waals surface area contributed by atoms with E-state index in [0.717, 1.165) is 23.1 Å².